The number of hydrogen-bond acceptors (Lipinski definition) is 4. The molecule has 136 valence electrons. The summed E-state index contributed by atoms with van der Waals surface area (Å²) in [5.41, 5.74) is 1.88. The van der Waals surface area contributed by atoms with Gasteiger partial charge in [-0.15, -0.1) is 0 Å². The van der Waals surface area contributed by atoms with Crippen LogP contribution in [-0.4, -0.2) is 17.4 Å². The number of ether oxygens (including phenoxy) is 1. The average molecular weight is 362 g/mol. The van der Waals surface area contributed by atoms with Crippen LogP contribution in [0.25, 0.3) is 0 Å². The number of anilines is 1. The summed E-state index contributed by atoms with van der Waals surface area (Å²) < 4.78 is 5.73. The summed E-state index contributed by atoms with van der Waals surface area (Å²) in [6.07, 6.45) is 0.769. The molecule has 0 bridgehead atoms. The number of carbonyl (C=O) groups is 1. The third-order valence-electron chi connectivity index (χ3n) is 3.91. The molecule has 1 amide bonds. The molecular weight excluding hydrogens is 344 g/mol. The van der Waals surface area contributed by atoms with Crippen molar-refractivity contribution in [2.24, 2.45) is 0 Å². The molecule has 0 aliphatic heterocycles. The molecule has 3 aromatic rings. The van der Waals surface area contributed by atoms with Crippen molar-refractivity contribution in [3.05, 3.63) is 100 Å². The lowest BCUT2D eigenvalue weighted by Crippen LogP contribution is -2.12. The number of benzene rings is 3. The molecule has 6 nitrogen and oxygen atoms in total. The number of carbonyl (C=O) groups excluding carboxylic acids is 1. The summed E-state index contributed by atoms with van der Waals surface area (Å²) in [7, 11) is 0. The topological polar surface area (TPSA) is 81.5 Å². The predicted octanol–water partition coefficient (Wildman–Crippen LogP) is 4.47. The van der Waals surface area contributed by atoms with E-state index >= 15 is 0 Å². The molecular formula is C21H18N2O4. The van der Waals surface area contributed by atoms with Crippen molar-refractivity contribution in [2.45, 2.75) is 6.42 Å². The number of non-ortho nitro benzene ring substituents is 1. The van der Waals surface area contributed by atoms with Crippen LogP contribution in [0.4, 0.5) is 11.4 Å². The number of nitrogens with one attached hydrogen (secondary N) is 1. The van der Waals surface area contributed by atoms with Gasteiger partial charge in [-0.25, -0.2) is 0 Å². The Kier molecular flexibility index (Phi) is 5.79. The number of nitro benzene ring substituents is 1. The molecule has 0 unspecified atom stereocenters. The van der Waals surface area contributed by atoms with Gasteiger partial charge in [-0.1, -0.05) is 42.5 Å². The first-order valence-corrected chi connectivity index (χ1v) is 8.44. The number of amides is 1. The van der Waals surface area contributed by atoms with Gasteiger partial charge in [0.2, 0.25) is 0 Å². The molecule has 0 fully saturated rings. The Labute approximate surface area is 156 Å². The van der Waals surface area contributed by atoms with Crippen molar-refractivity contribution in [1.82, 2.24) is 0 Å². The molecule has 27 heavy (non-hydrogen) atoms. The smallest absolute Gasteiger partial charge is 0.271 e. The van der Waals surface area contributed by atoms with Gasteiger partial charge in [-0.2, -0.15) is 0 Å². The van der Waals surface area contributed by atoms with Crippen LogP contribution in [0, 0.1) is 10.1 Å². The second-order valence-electron chi connectivity index (χ2n) is 5.87. The second kappa shape index (κ2) is 8.62. The maximum absolute atomic E-state index is 12.4. The van der Waals surface area contributed by atoms with Crippen molar-refractivity contribution in [1.29, 1.82) is 0 Å². The fourth-order valence-corrected chi connectivity index (χ4v) is 2.56. The first-order chi connectivity index (χ1) is 13.1. The maximum Gasteiger partial charge on any atom is 0.271 e. The summed E-state index contributed by atoms with van der Waals surface area (Å²) >= 11 is 0. The highest BCUT2D eigenvalue weighted by molar-refractivity contribution is 6.04. The lowest BCUT2D eigenvalue weighted by atomic mass is 10.1. The minimum absolute atomic E-state index is 0.0780. The Morgan fingerprint density at radius 3 is 2.52 bits per heavy atom. The van der Waals surface area contributed by atoms with Crippen LogP contribution in [0.2, 0.25) is 0 Å². The molecule has 0 aliphatic rings. The fraction of sp³-hybridized carbons (Fsp3) is 0.0952. The summed E-state index contributed by atoms with van der Waals surface area (Å²) in [6.45, 7) is 0.500. The standard InChI is InChI=1S/C21H18N2O4/c24-21(22-18-9-5-10-19(15-18)23(25)26)17-8-4-11-20(14-17)27-13-12-16-6-2-1-3-7-16/h1-11,14-15H,12-13H2,(H,22,24). The lowest BCUT2D eigenvalue weighted by molar-refractivity contribution is -0.384. The zero-order chi connectivity index (χ0) is 19.1. The van der Waals surface area contributed by atoms with E-state index in [1.807, 2.05) is 30.3 Å². The quantitative estimate of drug-likeness (QED) is 0.497. The van der Waals surface area contributed by atoms with E-state index in [4.69, 9.17) is 4.74 Å². The van der Waals surface area contributed by atoms with Crippen molar-refractivity contribution < 1.29 is 14.5 Å². The number of nitro groups is 1. The van der Waals surface area contributed by atoms with E-state index in [0.29, 0.717) is 23.6 Å². The van der Waals surface area contributed by atoms with Crippen LogP contribution in [0.1, 0.15) is 15.9 Å². The third kappa shape index (κ3) is 5.15. The summed E-state index contributed by atoms with van der Waals surface area (Å²) in [6, 6.07) is 22.6. The van der Waals surface area contributed by atoms with Gasteiger partial charge in [-0.3, -0.25) is 14.9 Å². The van der Waals surface area contributed by atoms with Gasteiger partial charge in [0.05, 0.1) is 11.5 Å². The van der Waals surface area contributed by atoms with Gasteiger partial charge in [0, 0.05) is 29.8 Å². The van der Waals surface area contributed by atoms with Crippen LogP contribution in [0.15, 0.2) is 78.9 Å². The Balaban J connectivity index is 1.61. The minimum atomic E-state index is -0.503. The molecule has 0 atom stereocenters. The zero-order valence-corrected chi connectivity index (χ0v) is 14.5. The largest absolute Gasteiger partial charge is 0.493 e. The summed E-state index contributed by atoms with van der Waals surface area (Å²) in [5, 5.41) is 13.5. The average Bonchev–Trinajstić information content (AvgIpc) is 2.69. The van der Waals surface area contributed by atoms with Crippen molar-refractivity contribution in [3.63, 3.8) is 0 Å². The van der Waals surface area contributed by atoms with Crippen LogP contribution in [0.3, 0.4) is 0 Å². The van der Waals surface area contributed by atoms with Crippen molar-refractivity contribution >= 4 is 17.3 Å². The SMILES string of the molecule is O=C(Nc1cccc([N+](=O)[O-])c1)c1cccc(OCCc2ccccc2)c1. The van der Waals surface area contributed by atoms with Gasteiger partial charge in [0.1, 0.15) is 5.75 Å². The first-order valence-electron chi connectivity index (χ1n) is 8.44. The van der Waals surface area contributed by atoms with E-state index in [1.54, 1.807) is 30.3 Å². The van der Waals surface area contributed by atoms with E-state index in [1.165, 1.54) is 23.8 Å². The monoisotopic (exact) mass is 362 g/mol. The molecule has 0 saturated carbocycles. The predicted molar refractivity (Wildman–Crippen MR) is 103 cm³/mol. The Hall–Kier alpha value is -3.67. The van der Waals surface area contributed by atoms with Crippen LogP contribution in [0.5, 0.6) is 5.75 Å². The Bertz CT molecular complexity index is 942. The summed E-state index contributed by atoms with van der Waals surface area (Å²) in [5.74, 6) is 0.238. The molecule has 0 aliphatic carbocycles. The molecule has 0 aromatic heterocycles. The summed E-state index contributed by atoms with van der Waals surface area (Å²) in [4.78, 5) is 22.7. The maximum atomic E-state index is 12.4. The first kappa shape index (κ1) is 18.1. The fourth-order valence-electron chi connectivity index (χ4n) is 2.56. The van der Waals surface area contributed by atoms with E-state index < -0.39 is 4.92 Å². The van der Waals surface area contributed by atoms with Crippen molar-refractivity contribution in [2.75, 3.05) is 11.9 Å². The number of nitrogens with zero attached hydrogens (tertiary/aromatic N) is 1. The van der Waals surface area contributed by atoms with Gasteiger partial charge < -0.3 is 10.1 Å². The van der Waals surface area contributed by atoms with Crippen LogP contribution < -0.4 is 10.1 Å². The molecule has 0 saturated heterocycles. The van der Waals surface area contributed by atoms with Gasteiger partial charge in [-0.05, 0) is 29.8 Å². The van der Waals surface area contributed by atoms with E-state index in [9.17, 15) is 14.9 Å². The van der Waals surface area contributed by atoms with Crippen molar-refractivity contribution in [3.8, 4) is 5.75 Å². The van der Waals surface area contributed by atoms with Gasteiger partial charge in [0.25, 0.3) is 11.6 Å². The highest BCUT2D eigenvalue weighted by Crippen LogP contribution is 2.19. The second-order valence-corrected chi connectivity index (χ2v) is 5.87. The van der Waals surface area contributed by atoms with E-state index in [0.717, 1.165) is 6.42 Å². The Morgan fingerprint density at radius 2 is 1.74 bits per heavy atom. The highest BCUT2D eigenvalue weighted by atomic mass is 16.6. The molecule has 0 radical (unpaired) electrons. The molecule has 6 heteroatoms. The molecule has 3 rings (SSSR count). The van der Waals surface area contributed by atoms with E-state index in [2.05, 4.69) is 5.32 Å². The molecule has 0 heterocycles. The minimum Gasteiger partial charge on any atom is -0.493 e. The molecule has 1 N–H and O–H groups in total. The van der Waals surface area contributed by atoms with Gasteiger partial charge in [0.15, 0.2) is 0 Å². The highest BCUT2D eigenvalue weighted by Gasteiger charge is 2.10. The number of hydrogen-bond donors (Lipinski definition) is 1. The lowest BCUT2D eigenvalue weighted by Gasteiger charge is -2.09. The van der Waals surface area contributed by atoms with E-state index in [-0.39, 0.29) is 11.6 Å². The normalized spacial score (nSPS) is 10.2. The molecule has 3 aromatic carbocycles. The molecule has 0 spiro atoms. The number of rotatable bonds is 7. The van der Waals surface area contributed by atoms with Crippen LogP contribution in [-0.2, 0) is 6.42 Å². The Morgan fingerprint density at radius 1 is 0.963 bits per heavy atom. The van der Waals surface area contributed by atoms with Gasteiger partial charge >= 0.3 is 0 Å². The third-order valence-corrected chi connectivity index (χ3v) is 3.91. The zero-order valence-electron chi connectivity index (χ0n) is 14.5. The van der Waals surface area contributed by atoms with Crippen LogP contribution >= 0.6 is 0 Å².